The van der Waals surface area contributed by atoms with E-state index in [0.29, 0.717) is 10.6 Å². The minimum absolute atomic E-state index is 0.239. The fraction of sp³-hybridized carbons (Fsp3) is 0.375. The van der Waals surface area contributed by atoms with Crippen LogP contribution in [0.5, 0.6) is 0 Å². The Balaban J connectivity index is 2.97. The van der Waals surface area contributed by atoms with E-state index in [1.54, 1.807) is 13.0 Å². The van der Waals surface area contributed by atoms with E-state index in [-0.39, 0.29) is 5.15 Å². The van der Waals surface area contributed by atoms with E-state index in [1.807, 2.05) is 0 Å². The molecule has 0 spiro atoms. The van der Waals surface area contributed by atoms with Crippen LogP contribution >= 0.6 is 23.2 Å². The molecule has 0 amide bonds. The number of rotatable bonds is 2. The van der Waals surface area contributed by atoms with Crippen LogP contribution in [-0.2, 0) is 0 Å². The van der Waals surface area contributed by atoms with Crippen molar-refractivity contribution in [2.24, 2.45) is 5.73 Å². The van der Waals surface area contributed by atoms with E-state index in [4.69, 9.17) is 28.9 Å². The van der Waals surface area contributed by atoms with Crippen LogP contribution < -0.4 is 5.73 Å². The smallest absolute Gasteiger partial charge is 0.147 e. The van der Waals surface area contributed by atoms with Crippen LogP contribution in [0.2, 0.25) is 10.2 Å². The highest BCUT2D eigenvalue weighted by atomic mass is 35.5. The second-order valence-electron chi connectivity index (χ2n) is 2.81. The molecule has 2 unspecified atom stereocenters. The molecule has 3 N–H and O–H groups in total. The average Bonchev–Trinajstić information content (AvgIpc) is 2.08. The summed E-state index contributed by atoms with van der Waals surface area (Å²) in [7, 11) is 0. The van der Waals surface area contributed by atoms with Gasteiger partial charge in [0.25, 0.3) is 0 Å². The molecular weight excluding hydrogens is 211 g/mol. The largest absolute Gasteiger partial charge is 0.391 e. The number of hydrogen-bond donors (Lipinski definition) is 2. The number of nitrogens with two attached hydrogens (primary N) is 1. The third-order valence-corrected chi connectivity index (χ3v) is 2.41. The zero-order chi connectivity index (χ0) is 10.0. The lowest BCUT2D eigenvalue weighted by molar-refractivity contribution is 0.164. The number of pyridine rings is 1. The van der Waals surface area contributed by atoms with Gasteiger partial charge in [0.15, 0.2) is 0 Å². The van der Waals surface area contributed by atoms with Gasteiger partial charge in [-0.2, -0.15) is 0 Å². The molecule has 0 saturated heterocycles. The highest BCUT2D eigenvalue weighted by Gasteiger charge is 2.13. The average molecular weight is 221 g/mol. The molecule has 1 rings (SSSR count). The quantitative estimate of drug-likeness (QED) is 0.748. The molecule has 0 saturated carbocycles. The minimum atomic E-state index is -0.640. The Bertz CT molecular complexity index is 304. The van der Waals surface area contributed by atoms with Crippen molar-refractivity contribution in [1.29, 1.82) is 0 Å². The van der Waals surface area contributed by atoms with Gasteiger partial charge in [-0.1, -0.05) is 23.2 Å². The summed E-state index contributed by atoms with van der Waals surface area (Å²) in [5.74, 6) is 0. The van der Waals surface area contributed by atoms with E-state index in [2.05, 4.69) is 4.98 Å². The van der Waals surface area contributed by atoms with Gasteiger partial charge in [0.2, 0.25) is 0 Å². The Morgan fingerprint density at radius 3 is 2.62 bits per heavy atom. The van der Waals surface area contributed by atoms with Crippen LogP contribution in [0.3, 0.4) is 0 Å². The predicted molar refractivity (Wildman–Crippen MR) is 52.9 cm³/mol. The molecule has 13 heavy (non-hydrogen) atoms. The zero-order valence-corrected chi connectivity index (χ0v) is 8.55. The summed E-state index contributed by atoms with van der Waals surface area (Å²) in [5.41, 5.74) is 6.34. The van der Waals surface area contributed by atoms with Gasteiger partial charge >= 0.3 is 0 Å². The van der Waals surface area contributed by atoms with Gasteiger partial charge in [-0.15, -0.1) is 0 Å². The standard InChI is InChI=1S/C8H10Cl2N2O/c1-4(13)7(11)5-2-6(9)8(10)12-3-5/h2-4,7,13H,11H2,1H3. The number of hydrogen-bond acceptors (Lipinski definition) is 3. The van der Waals surface area contributed by atoms with E-state index in [1.165, 1.54) is 6.20 Å². The van der Waals surface area contributed by atoms with Gasteiger partial charge in [0.05, 0.1) is 17.2 Å². The van der Waals surface area contributed by atoms with Crippen molar-refractivity contribution in [2.45, 2.75) is 19.1 Å². The van der Waals surface area contributed by atoms with Gasteiger partial charge < -0.3 is 10.8 Å². The summed E-state index contributed by atoms with van der Waals surface area (Å²) < 4.78 is 0. The molecule has 3 nitrogen and oxygen atoms in total. The fourth-order valence-corrected chi connectivity index (χ4v) is 1.17. The lowest BCUT2D eigenvalue weighted by Crippen LogP contribution is -2.23. The second kappa shape index (κ2) is 4.24. The zero-order valence-electron chi connectivity index (χ0n) is 7.04. The monoisotopic (exact) mass is 220 g/mol. The third kappa shape index (κ3) is 2.54. The number of aromatic nitrogens is 1. The first-order valence-electron chi connectivity index (χ1n) is 3.77. The van der Waals surface area contributed by atoms with Crippen molar-refractivity contribution in [2.75, 3.05) is 0 Å². The molecule has 0 radical (unpaired) electrons. The van der Waals surface area contributed by atoms with Gasteiger partial charge in [0, 0.05) is 6.20 Å². The number of halogens is 2. The highest BCUT2D eigenvalue weighted by Crippen LogP contribution is 2.23. The summed E-state index contributed by atoms with van der Waals surface area (Å²) in [6.07, 6.45) is 0.866. The SMILES string of the molecule is CC(O)C(N)c1cnc(Cl)c(Cl)c1. The maximum atomic E-state index is 9.21. The second-order valence-corrected chi connectivity index (χ2v) is 3.57. The molecule has 0 aliphatic heterocycles. The molecule has 0 aliphatic rings. The first kappa shape index (κ1) is 10.7. The highest BCUT2D eigenvalue weighted by molar-refractivity contribution is 6.41. The van der Waals surface area contributed by atoms with Gasteiger partial charge in [-0.3, -0.25) is 0 Å². The number of aliphatic hydroxyl groups is 1. The predicted octanol–water partition coefficient (Wildman–Crippen LogP) is 1.77. The fourth-order valence-electron chi connectivity index (χ4n) is 0.897. The molecule has 1 heterocycles. The molecule has 72 valence electrons. The Morgan fingerprint density at radius 1 is 1.54 bits per heavy atom. The first-order chi connectivity index (χ1) is 6.02. The lowest BCUT2D eigenvalue weighted by atomic mass is 10.1. The molecular formula is C8H10Cl2N2O. The minimum Gasteiger partial charge on any atom is -0.391 e. The Kier molecular flexibility index (Phi) is 3.50. The van der Waals surface area contributed by atoms with E-state index in [0.717, 1.165) is 0 Å². The van der Waals surface area contributed by atoms with Crippen molar-refractivity contribution < 1.29 is 5.11 Å². The van der Waals surface area contributed by atoms with Crippen LogP contribution in [0, 0.1) is 0 Å². The van der Waals surface area contributed by atoms with Crippen LogP contribution in [-0.4, -0.2) is 16.2 Å². The van der Waals surface area contributed by atoms with Crippen molar-refractivity contribution in [3.63, 3.8) is 0 Å². The summed E-state index contributed by atoms with van der Waals surface area (Å²) in [4.78, 5) is 3.82. The summed E-state index contributed by atoms with van der Waals surface area (Å²) in [5, 5.41) is 9.79. The Hall–Kier alpha value is -0.350. The van der Waals surface area contributed by atoms with Crippen molar-refractivity contribution in [3.05, 3.63) is 28.0 Å². The molecule has 1 aromatic rings. The molecule has 0 bridgehead atoms. The Labute approximate surface area is 86.5 Å². The van der Waals surface area contributed by atoms with Crippen LogP contribution in [0.1, 0.15) is 18.5 Å². The van der Waals surface area contributed by atoms with E-state index < -0.39 is 12.1 Å². The summed E-state index contributed by atoms with van der Waals surface area (Å²) in [6, 6.07) is 1.12. The van der Waals surface area contributed by atoms with Gasteiger partial charge in [-0.25, -0.2) is 4.98 Å². The van der Waals surface area contributed by atoms with Gasteiger partial charge in [-0.05, 0) is 18.6 Å². The Morgan fingerprint density at radius 2 is 2.15 bits per heavy atom. The van der Waals surface area contributed by atoms with E-state index >= 15 is 0 Å². The lowest BCUT2D eigenvalue weighted by Gasteiger charge is -2.14. The van der Waals surface area contributed by atoms with E-state index in [9.17, 15) is 5.11 Å². The maximum Gasteiger partial charge on any atom is 0.147 e. The van der Waals surface area contributed by atoms with Crippen LogP contribution in [0.15, 0.2) is 12.3 Å². The molecule has 0 aromatic carbocycles. The molecule has 0 fully saturated rings. The van der Waals surface area contributed by atoms with Gasteiger partial charge in [0.1, 0.15) is 5.15 Å². The van der Waals surface area contributed by atoms with Crippen LogP contribution in [0.4, 0.5) is 0 Å². The normalized spacial score (nSPS) is 15.5. The summed E-state index contributed by atoms with van der Waals surface area (Å²) >= 11 is 11.3. The topological polar surface area (TPSA) is 59.1 Å². The third-order valence-electron chi connectivity index (χ3n) is 1.72. The molecule has 0 aliphatic carbocycles. The van der Waals surface area contributed by atoms with Crippen molar-refractivity contribution in [1.82, 2.24) is 4.98 Å². The first-order valence-corrected chi connectivity index (χ1v) is 4.52. The number of aliphatic hydroxyl groups excluding tert-OH is 1. The molecule has 2 atom stereocenters. The van der Waals surface area contributed by atoms with Crippen LogP contribution in [0.25, 0.3) is 0 Å². The molecule has 1 aromatic heterocycles. The summed E-state index contributed by atoms with van der Waals surface area (Å²) in [6.45, 7) is 1.60. The van der Waals surface area contributed by atoms with Crippen molar-refractivity contribution >= 4 is 23.2 Å². The van der Waals surface area contributed by atoms with Crippen molar-refractivity contribution in [3.8, 4) is 0 Å². The maximum absolute atomic E-state index is 9.21. The number of nitrogens with zero attached hydrogens (tertiary/aromatic N) is 1. The molecule has 5 heteroatoms.